The lowest BCUT2D eigenvalue weighted by Crippen LogP contribution is -2.55. The second-order valence-corrected chi connectivity index (χ2v) is 11.8. The number of amidine groups is 1. The highest BCUT2D eigenvalue weighted by molar-refractivity contribution is 5.97. The number of nitrogens with one attached hydrogen (secondary N) is 1. The number of hydrogen-bond donors (Lipinski definition) is 1. The van der Waals surface area contributed by atoms with Crippen molar-refractivity contribution in [2.75, 3.05) is 36.0 Å². The summed E-state index contributed by atoms with van der Waals surface area (Å²) in [5.74, 6) is 0.353. The van der Waals surface area contributed by atoms with Crippen LogP contribution >= 0.6 is 0 Å². The molecule has 5 rings (SSSR count). The minimum atomic E-state index is -0.129. The first-order valence-electron chi connectivity index (χ1n) is 15.8. The number of pyridine rings is 1. The molecular weight excluding hydrogens is 530 g/mol. The Labute approximate surface area is 256 Å². The first-order chi connectivity index (χ1) is 21.0. The van der Waals surface area contributed by atoms with Crippen LogP contribution in [0.4, 0.5) is 11.4 Å². The molecule has 0 saturated carbocycles. The topological polar surface area (TPSA) is 94.0 Å². The standard InChI is InChI=1S/C36H43N7/c1-4-6-7-8-9-15-31-30(23-38)36(42-21-22-43(34(39)5-2)28(24-42)17-19-37)29-18-20-41(25-32(29)40-31)33-16-11-14-27-13-10-12-26(3)35(27)33/h5,10-14,16,28,39H,2,4,6-9,15,17-18,20-22,24-25H2,1,3H3/t28-/m0/s1. The van der Waals surface area contributed by atoms with Crippen molar-refractivity contribution in [1.82, 2.24) is 9.88 Å². The van der Waals surface area contributed by atoms with Crippen LogP contribution in [0.1, 0.15) is 73.5 Å². The third kappa shape index (κ3) is 6.22. The second kappa shape index (κ2) is 13.7. The van der Waals surface area contributed by atoms with Crippen molar-refractivity contribution in [3.8, 4) is 12.1 Å². The zero-order chi connectivity index (χ0) is 30.3. The molecule has 7 nitrogen and oxygen atoms in total. The second-order valence-electron chi connectivity index (χ2n) is 11.8. The molecule has 7 heteroatoms. The summed E-state index contributed by atoms with van der Waals surface area (Å²) in [5.41, 5.74) is 7.35. The number of aryl methyl sites for hydroxylation is 2. The molecule has 1 fully saturated rings. The van der Waals surface area contributed by atoms with Crippen LogP contribution in [0.3, 0.4) is 0 Å². The van der Waals surface area contributed by atoms with Crippen molar-refractivity contribution in [3.63, 3.8) is 0 Å². The molecule has 0 radical (unpaired) electrons. The van der Waals surface area contributed by atoms with Crippen molar-refractivity contribution in [2.24, 2.45) is 0 Å². The average Bonchev–Trinajstić information content (AvgIpc) is 3.03. The van der Waals surface area contributed by atoms with Crippen molar-refractivity contribution >= 4 is 28.0 Å². The van der Waals surface area contributed by atoms with Crippen molar-refractivity contribution in [1.29, 1.82) is 15.9 Å². The van der Waals surface area contributed by atoms with Crippen LogP contribution in [0.5, 0.6) is 0 Å². The highest BCUT2D eigenvalue weighted by Gasteiger charge is 2.33. The van der Waals surface area contributed by atoms with Gasteiger partial charge in [0.05, 0.1) is 47.7 Å². The van der Waals surface area contributed by atoms with E-state index in [4.69, 9.17) is 10.4 Å². The first kappa shape index (κ1) is 30.1. The van der Waals surface area contributed by atoms with E-state index < -0.39 is 0 Å². The highest BCUT2D eigenvalue weighted by Crippen LogP contribution is 2.38. The number of nitrogens with zero attached hydrogens (tertiary/aromatic N) is 6. The maximum atomic E-state index is 10.6. The van der Waals surface area contributed by atoms with Crippen LogP contribution in [0.2, 0.25) is 0 Å². The quantitative estimate of drug-likeness (QED) is 0.159. The first-order valence-corrected chi connectivity index (χ1v) is 15.8. The summed E-state index contributed by atoms with van der Waals surface area (Å²) in [7, 11) is 0. The van der Waals surface area contributed by atoms with E-state index in [0.717, 1.165) is 49.3 Å². The van der Waals surface area contributed by atoms with Crippen LogP contribution in [0, 0.1) is 35.0 Å². The van der Waals surface area contributed by atoms with E-state index in [0.29, 0.717) is 44.0 Å². The molecule has 0 bridgehead atoms. The number of nitriles is 2. The lowest BCUT2D eigenvalue weighted by molar-refractivity contribution is 0.283. The summed E-state index contributed by atoms with van der Waals surface area (Å²) in [4.78, 5) is 12.0. The molecule has 2 aliphatic rings. The van der Waals surface area contributed by atoms with Gasteiger partial charge in [-0.15, -0.1) is 0 Å². The molecule has 3 aromatic rings. The molecule has 43 heavy (non-hydrogen) atoms. The Balaban J connectivity index is 1.54. The molecule has 2 aromatic carbocycles. The van der Waals surface area contributed by atoms with E-state index in [9.17, 15) is 10.5 Å². The Morgan fingerprint density at radius 2 is 1.86 bits per heavy atom. The average molecular weight is 574 g/mol. The Kier molecular flexibility index (Phi) is 9.62. The van der Waals surface area contributed by atoms with Crippen LogP contribution < -0.4 is 9.80 Å². The van der Waals surface area contributed by atoms with Gasteiger partial charge in [-0.25, -0.2) is 0 Å². The number of piperazine rings is 1. The third-order valence-corrected chi connectivity index (χ3v) is 9.09. The third-order valence-electron chi connectivity index (χ3n) is 9.09. The van der Waals surface area contributed by atoms with E-state index in [1.54, 1.807) is 6.08 Å². The zero-order valence-corrected chi connectivity index (χ0v) is 25.7. The molecule has 1 saturated heterocycles. The molecule has 1 atom stereocenters. The Morgan fingerprint density at radius 1 is 1.07 bits per heavy atom. The van der Waals surface area contributed by atoms with Gasteiger partial charge in [-0.05, 0) is 49.3 Å². The number of benzene rings is 2. The number of hydrogen-bond acceptors (Lipinski definition) is 6. The summed E-state index contributed by atoms with van der Waals surface area (Å²) in [6.07, 6.45) is 9.27. The van der Waals surface area contributed by atoms with Gasteiger partial charge in [0.1, 0.15) is 11.9 Å². The SMILES string of the molecule is C=CC(=N)N1CCN(c2c(C#N)c(CCCCCCC)nc3c2CCN(c2cccc4cccc(C)c24)C3)C[C@@H]1CC#N. The number of unbranched alkanes of at least 4 members (excludes halogenated alkanes) is 4. The predicted molar refractivity (Wildman–Crippen MR) is 176 cm³/mol. The van der Waals surface area contributed by atoms with E-state index in [2.05, 4.69) is 78.8 Å². The summed E-state index contributed by atoms with van der Waals surface area (Å²) < 4.78 is 0. The summed E-state index contributed by atoms with van der Waals surface area (Å²) in [6.45, 7) is 11.6. The van der Waals surface area contributed by atoms with Crippen molar-refractivity contribution in [3.05, 3.63) is 77.1 Å². The van der Waals surface area contributed by atoms with E-state index >= 15 is 0 Å². The molecule has 2 aliphatic heterocycles. The van der Waals surface area contributed by atoms with Crippen LogP contribution in [0.15, 0.2) is 49.1 Å². The maximum absolute atomic E-state index is 10.6. The lowest BCUT2D eigenvalue weighted by atomic mass is 9.93. The summed E-state index contributed by atoms with van der Waals surface area (Å²) in [5, 5.41) is 31.1. The maximum Gasteiger partial charge on any atom is 0.120 e. The molecule has 0 amide bonds. The summed E-state index contributed by atoms with van der Waals surface area (Å²) >= 11 is 0. The molecule has 0 aliphatic carbocycles. The number of aromatic nitrogens is 1. The van der Waals surface area contributed by atoms with Crippen LogP contribution in [0.25, 0.3) is 10.8 Å². The minimum Gasteiger partial charge on any atom is -0.366 e. The number of anilines is 2. The van der Waals surface area contributed by atoms with Crippen LogP contribution in [-0.4, -0.2) is 47.9 Å². The van der Waals surface area contributed by atoms with Gasteiger partial charge < -0.3 is 14.7 Å². The van der Waals surface area contributed by atoms with Crippen molar-refractivity contribution in [2.45, 2.75) is 77.8 Å². The zero-order valence-electron chi connectivity index (χ0n) is 25.7. The molecule has 1 aromatic heterocycles. The fourth-order valence-corrected chi connectivity index (χ4v) is 6.90. The Morgan fingerprint density at radius 3 is 2.60 bits per heavy atom. The fraction of sp³-hybridized carbons (Fsp3) is 0.444. The fourth-order valence-electron chi connectivity index (χ4n) is 6.90. The molecule has 0 unspecified atom stereocenters. The normalized spacial score (nSPS) is 16.5. The summed E-state index contributed by atoms with van der Waals surface area (Å²) in [6, 6.07) is 17.8. The molecule has 222 valence electrons. The number of fused-ring (bicyclic) bond motifs is 2. The Bertz CT molecular complexity index is 1570. The smallest absolute Gasteiger partial charge is 0.120 e. The Hall–Kier alpha value is -4.36. The minimum absolute atomic E-state index is 0.129. The molecular formula is C36H43N7. The van der Waals surface area contributed by atoms with Gasteiger partial charge in [0.2, 0.25) is 0 Å². The molecule has 3 heterocycles. The van der Waals surface area contributed by atoms with Crippen LogP contribution in [-0.2, 0) is 19.4 Å². The van der Waals surface area contributed by atoms with E-state index in [-0.39, 0.29) is 6.04 Å². The monoisotopic (exact) mass is 573 g/mol. The van der Waals surface area contributed by atoms with Gasteiger partial charge in [0.15, 0.2) is 0 Å². The lowest BCUT2D eigenvalue weighted by Gasteiger charge is -2.44. The molecule has 0 spiro atoms. The van der Waals surface area contributed by atoms with Gasteiger partial charge in [-0.3, -0.25) is 10.4 Å². The van der Waals surface area contributed by atoms with Gasteiger partial charge in [0, 0.05) is 42.8 Å². The van der Waals surface area contributed by atoms with Gasteiger partial charge in [-0.1, -0.05) is 69.5 Å². The van der Waals surface area contributed by atoms with Crippen molar-refractivity contribution < 1.29 is 0 Å². The highest BCUT2D eigenvalue weighted by atomic mass is 15.3. The van der Waals surface area contributed by atoms with E-state index in [1.807, 2.05) is 4.90 Å². The number of rotatable bonds is 10. The van der Waals surface area contributed by atoms with Gasteiger partial charge in [-0.2, -0.15) is 10.5 Å². The van der Waals surface area contributed by atoms with Gasteiger partial charge >= 0.3 is 0 Å². The van der Waals surface area contributed by atoms with E-state index in [1.165, 1.54) is 46.8 Å². The largest absolute Gasteiger partial charge is 0.366 e. The predicted octanol–water partition coefficient (Wildman–Crippen LogP) is 7.06. The molecule has 1 N–H and O–H groups in total. The van der Waals surface area contributed by atoms with Gasteiger partial charge in [0.25, 0.3) is 0 Å².